The van der Waals surface area contributed by atoms with Gasteiger partial charge < -0.3 is 10.2 Å². The van der Waals surface area contributed by atoms with E-state index in [1.165, 1.54) is 16.8 Å². The van der Waals surface area contributed by atoms with E-state index in [9.17, 15) is 14.0 Å². The predicted molar refractivity (Wildman–Crippen MR) is 109 cm³/mol. The number of piperidine rings is 1. The molecule has 1 fully saturated rings. The summed E-state index contributed by atoms with van der Waals surface area (Å²) in [5.74, 6) is -0.304. The van der Waals surface area contributed by atoms with Gasteiger partial charge in [-0.3, -0.25) is 9.59 Å². The van der Waals surface area contributed by atoms with Crippen LogP contribution in [0.3, 0.4) is 0 Å². The van der Waals surface area contributed by atoms with Crippen molar-refractivity contribution in [2.45, 2.75) is 26.7 Å². The van der Waals surface area contributed by atoms with Gasteiger partial charge in [-0.05, 0) is 50.9 Å². The Hall–Kier alpha value is -2.25. The Bertz CT molecular complexity index is 879. The largest absolute Gasteiger partial charge is 0.337 e. The van der Waals surface area contributed by atoms with Crippen molar-refractivity contribution in [2.75, 3.05) is 26.2 Å². The van der Waals surface area contributed by atoms with Crippen LogP contribution in [-0.2, 0) is 0 Å². The van der Waals surface area contributed by atoms with Crippen LogP contribution in [0, 0.1) is 18.7 Å². The summed E-state index contributed by atoms with van der Waals surface area (Å²) >= 11 is 0. The maximum Gasteiger partial charge on any atom is 0.278 e. The molecule has 0 radical (unpaired) electrons. The highest BCUT2D eigenvalue weighted by atomic mass is 35.5. The summed E-state index contributed by atoms with van der Waals surface area (Å²) in [6.45, 7) is 6.82. The number of likely N-dealkylation sites (tertiary alicyclic amines) is 1. The van der Waals surface area contributed by atoms with Crippen LogP contribution in [0.1, 0.15) is 35.9 Å². The van der Waals surface area contributed by atoms with E-state index in [1.807, 2.05) is 0 Å². The molecule has 1 amide bonds. The fourth-order valence-electron chi connectivity index (χ4n) is 3.40. The molecule has 0 aliphatic carbocycles. The second kappa shape index (κ2) is 9.80. The number of halogens is 2. The standard InChI is InChI=1S/C20H25FN4O2.ClH/c1-3-22-13-15-8-10-24(11-9-15)20(27)19-18(26)12-14(2)25(23-19)17-7-5-4-6-16(17)21;/h4-7,12,15,22H,3,8-11,13H2,1-2H3;1H. The van der Waals surface area contributed by atoms with Gasteiger partial charge in [-0.1, -0.05) is 19.1 Å². The SMILES string of the molecule is CCNCC1CCN(C(=O)c2nn(-c3ccccc3F)c(C)cc2=O)CC1.Cl. The Labute approximate surface area is 170 Å². The van der Waals surface area contributed by atoms with Crippen molar-refractivity contribution < 1.29 is 9.18 Å². The van der Waals surface area contributed by atoms with Crippen LogP contribution in [0.25, 0.3) is 5.69 Å². The number of rotatable bonds is 5. The van der Waals surface area contributed by atoms with Crippen molar-refractivity contribution in [1.82, 2.24) is 20.0 Å². The summed E-state index contributed by atoms with van der Waals surface area (Å²) in [6, 6.07) is 7.50. The topological polar surface area (TPSA) is 67.2 Å². The summed E-state index contributed by atoms with van der Waals surface area (Å²) < 4.78 is 15.5. The molecule has 0 atom stereocenters. The molecule has 3 rings (SSSR count). The highest BCUT2D eigenvalue weighted by molar-refractivity contribution is 5.92. The summed E-state index contributed by atoms with van der Waals surface area (Å²) in [7, 11) is 0. The molecule has 28 heavy (non-hydrogen) atoms. The highest BCUT2D eigenvalue weighted by Gasteiger charge is 2.26. The molecule has 2 aromatic rings. The van der Waals surface area contributed by atoms with Gasteiger partial charge in [0.05, 0.1) is 0 Å². The third-order valence-electron chi connectivity index (χ3n) is 4.98. The van der Waals surface area contributed by atoms with E-state index in [4.69, 9.17) is 0 Å². The number of aromatic nitrogens is 2. The van der Waals surface area contributed by atoms with Crippen molar-refractivity contribution in [1.29, 1.82) is 0 Å². The van der Waals surface area contributed by atoms with E-state index in [-0.39, 0.29) is 29.7 Å². The number of nitrogens with one attached hydrogen (secondary N) is 1. The van der Waals surface area contributed by atoms with Gasteiger partial charge in [0.1, 0.15) is 11.5 Å². The quantitative estimate of drug-likeness (QED) is 0.825. The molecule has 8 heteroatoms. The number of hydrogen-bond donors (Lipinski definition) is 1. The minimum atomic E-state index is -0.459. The minimum Gasteiger partial charge on any atom is -0.337 e. The zero-order valence-electron chi connectivity index (χ0n) is 16.2. The van der Waals surface area contributed by atoms with Crippen LogP contribution in [0.5, 0.6) is 0 Å². The number of carbonyl (C=O) groups is 1. The zero-order chi connectivity index (χ0) is 19.4. The zero-order valence-corrected chi connectivity index (χ0v) is 17.0. The summed E-state index contributed by atoms with van der Waals surface area (Å²) in [5, 5.41) is 7.54. The van der Waals surface area contributed by atoms with Gasteiger partial charge in [-0.25, -0.2) is 9.07 Å². The molecule has 0 spiro atoms. The first-order chi connectivity index (χ1) is 13.0. The molecule has 0 unspecified atom stereocenters. The predicted octanol–water partition coefficient (Wildman–Crippen LogP) is 2.56. The second-order valence-corrected chi connectivity index (χ2v) is 6.91. The van der Waals surface area contributed by atoms with Crippen molar-refractivity contribution >= 4 is 18.3 Å². The van der Waals surface area contributed by atoms with Crippen LogP contribution in [0.15, 0.2) is 35.1 Å². The van der Waals surface area contributed by atoms with Crippen molar-refractivity contribution in [3.8, 4) is 5.69 Å². The monoisotopic (exact) mass is 408 g/mol. The lowest BCUT2D eigenvalue weighted by Crippen LogP contribution is -2.43. The van der Waals surface area contributed by atoms with Crippen molar-refractivity contribution in [3.05, 3.63) is 57.8 Å². The maximum absolute atomic E-state index is 14.1. The lowest BCUT2D eigenvalue weighted by atomic mass is 9.96. The van der Waals surface area contributed by atoms with Crippen molar-refractivity contribution in [3.63, 3.8) is 0 Å². The van der Waals surface area contributed by atoms with Gasteiger partial charge >= 0.3 is 0 Å². The third-order valence-corrected chi connectivity index (χ3v) is 4.98. The summed E-state index contributed by atoms with van der Waals surface area (Å²) in [4.78, 5) is 26.9. The third kappa shape index (κ3) is 4.77. The Morgan fingerprint density at radius 1 is 1.29 bits per heavy atom. The second-order valence-electron chi connectivity index (χ2n) is 6.91. The molecule has 0 saturated carbocycles. The van der Waals surface area contributed by atoms with Crippen LogP contribution < -0.4 is 10.7 Å². The molecule has 0 bridgehead atoms. The van der Waals surface area contributed by atoms with Gasteiger partial charge in [0.2, 0.25) is 5.43 Å². The first-order valence-electron chi connectivity index (χ1n) is 9.37. The number of amides is 1. The lowest BCUT2D eigenvalue weighted by molar-refractivity contribution is 0.0681. The molecule has 2 heterocycles. The first kappa shape index (κ1) is 22.0. The van der Waals surface area contributed by atoms with E-state index < -0.39 is 11.2 Å². The Morgan fingerprint density at radius 2 is 1.96 bits per heavy atom. The molecule has 1 aliphatic heterocycles. The average molecular weight is 409 g/mol. The molecule has 6 nitrogen and oxygen atoms in total. The smallest absolute Gasteiger partial charge is 0.278 e. The Kier molecular flexibility index (Phi) is 7.71. The van der Waals surface area contributed by atoms with Crippen LogP contribution in [0.2, 0.25) is 0 Å². The number of para-hydroxylation sites is 1. The van der Waals surface area contributed by atoms with Crippen LogP contribution in [-0.4, -0.2) is 46.8 Å². The number of aryl methyl sites for hydroxylation is 1. The van der Waals surface area contributed by atoms with Gasteiger partial charge in [0, 0.05) is 24.8 Å². The van der Waals surface area contributed by atoms with Crippen molar-refractivity contribution in [2.24, 2.45) is 5.92 Å². The summed E-state index contributed by atoms with van der Waals surface area (Å²) in [5.41, 5.74) is 0.105. The van der Waals surface area contributed by atoms with Crippen LogP contribution >= 0.6 is 12.4 Å². The molecule has 1 N–H and O–H groups in total. The normalized spacial score (nSPS) is 14.6. The Morgan fingerprint density at radius 3 is 2.61 bits per heavy atom. The Balaban J connectivity index is 0.00000280. The maximum atomic E-state index is 14.1. The lowest BCUT2D eigenvalue weighted by Gasteiger charge is -2.31. The van der Waals surface area contributed by atoms with E-state index >= 15 is 0 Å². The molecule has 1 saturated heterocycles. The van der Waals surface area contributed by atoms with E-state index in [0.29, 0.717) is 24.7 Å². The van der Waals surface area contributed by atoms with Gasteiger partial charge in [0.25, 0.3) is 5.91 Å². The molecule has 152 valence electrons. The molecule has 1 aromatic carbocycles. The number of benzene rings is 1. The van der Waals surface area contributed by atoms with E-state index in [1.54, 1.807) is 30.0 Å². The number of carbonyl (C=O) groups excluding carboxylic acids is 1. The molecular weight excluding hydrogens is 383 g/mol. The van der Waals surface area contributed by atoms with Gasteiger partial charge in [-0.15, -0.1) is 12.4 Å². The number of hydrogen-bond acceptors (Lipinski definition) is 4. The first-order valence-corrected chi connectivity index (χ1v) is 9.37. The van der Waals surface area contributed by atoms with E-state index in [0.717, 1.165) is 25.9 Å². The highest BCUT2D eigenvalue weighted by Crippen LogP contribution is 2.18. The fourth-order valence-corrected chi connectivity index (χ4v) is 3.40. The number of nitrogens with zero attached hydrogens (tertiary/aromatic N) is 3. The van der Waals surface area contributed by atoms with Gasteiger partial charge in [0.15, 0.2) is 5.69 Å². The average Bonchev–Trinajstić information content (AvgIpc) is 2.67. The minimum absolute atomic E-state index is 0. The van der Waals surface area contributed by atoms with Gasteiger partial charge in [-0.2, -0.15) is 5.10 Å². The summed E-state index contributed by atoms with van der Waals surface area (Å²) in [6.07, 6.45) is 1.79. The molecule has 1 aliphatic rings. The van der Waals surface area contributed by atoms with Crippen LogP contribution in [0.4, 0.5) is 4.39 Å². The molecular formula is C20H26ClFN4O2. The molecule has 1 aromatic heterocycles. The fraction of sp³-hybridized carbons (Fsp3) is 0.450. The van der Waals surface area contributed by atoms with E-state index in [2.05, 4.69) is 17.3 Å².